The number of carbonyl (C=O) groups is 2. The van der Waals surface area contributed by atoms with Crippen molar-refractivity contribution in [3.05, 3.63) is 0 Å². The number of ether oxygens (including phenoxy) is 2. The van der Waals surface area contributed by atoms with Crippen LogP contribution in [-0.4, -0.2) is 92.1 Å². The number of nitrogens with one attached hydrogen (secondary N) is 1. The van der Waals surface area contributed by atoms with Crippen molar-refractivity contribution in [2.24, 2.45) is 0 Å². The molecule has 0 aromatic heterocycles. The summed E-state index contributed by atoms with van der Waals surface area (Å²) in [7, 11) is 2.02. The summed E-state index contributed by atoms with van der Waals surface area (Å²) >= 11 is 0. The molecule has 2 fully saturated rings. The molecule has 2 amide bonds. The molecule has 2 atom stereocenters. The lowest BCUT2D eigenvalue weighted by atomic mass is 10.2. The third-order valence-electron chi connectivity index (χ3n) is 3.65. The second-order valence-corrected chi connectivity index (χ2v) is 5.48. The highest BCUT2D eigenvalue weighted by atomic mass is 16.5. The van der Waals surface area contributed by atoms with E-state index in [-0.39, 0.29) is 18.6 Å². The van der Waals surface area contributed by atoms with E-state index < -0.39 is 12.1 Å². The van der Waals surface area contributed by atoms with Gasteiger partial charge in [0.2, 0.25) is 0 Å². The molecule has 2 N–H and O–H groups in total. The molecule has 2 aliphatic heterocycles. The van der Waals surface area contributed by atoms with Crippen LogP contribution in [0.3, 0.4) is 0 Å². The number of carboxylic acid groups (broad SMARTS) is 1. The number of carbonyl (C=O) groups excluding carboxylic acids is 1. The van der Waals surface area contributed by atoms with Gasteiger partial charge >= 0.3 is 12.0 Å². The number of aliphatic carboxylic acids is 1. The van der Waals surface area contributed by atoms with Gasteiger partial charge in [0.25, 0.3) is 0 Å². The van der Waals surface area contributed by atoms with Crippen LogP contribution in [0.15, 0.2) is 0 Å². The van der Waals surface area contributed by atoms with Crippen molar-refractivity contribution in [1.82, 2.24) is 15.1 Å². The van der Waals surface area contributed by atoms with Crippen LogP contribution in [0.1, 0.15) is 6.42 Å². The fourth-order valence-electron chi connectivity index (χ4n) is 2.53. The highest BCUT2D eigenvalue weighted by molar-refractivity contribution is 5.74. The van der Waals surface area contributed by atoms with Crippen molar-refractivity contribution in [1.29, 1.82) is 0 Å². The number of rotatable bonds is 4. The highest BCUT2D eigenvalue weighted by Crippen LogP contribution is 2.09. The minimum Gasteiger partial charge on any atom is -0.481 e. The van der Waals surface area contributed by atoms with E-state index in [9.17, 15) is 9.59 Å². The lowest BCUT2D eigenvalue weighted by molar-refractivity contribution is -0.141. The number of carboxylic acids is 1. The lowest BCUT2D eigenvalue weighted by Gasteiger charge is -2.34. The molecule has 2 heterocycles. The van der Waals surface area contributed by atoms with Crippen molar-refractivity contribution in [2.75, 3.05) is 53.0 Å². The Morgan fingerprint density at radius 3 is 2.62 bits per heavy atom. The third-order valence-corrected chi connectivity index (χ3v) is 3.65. The smallest absolute Gasteiger partial charge is 0.317 e. The quantitative estimate of drug-likeness (QED) is 0.706. The molecular weight excluding hydrogens is 278 g/mol. The minimum atomic E-state index is -0.916. The van der Waals surface area contributed by atoms with E-state index >= 15 is 0 Å². The van der Waals surface area contributed by atoms with E-state index in [1.165, 1.54) is 0 Å². The van der Waals surface area contributed by atoms with Crippen LogP contribution in [0.4, 0.5) is 4.79 Å². The monoisotopic (exact) mass is 301 g/mol. The summed E-state index contributed by atoms with van der Waals surface area (Å²) in [5.41, 5.74) is 0. The van der Waals surface area contributed by atoms with Gasteiger partial charge in [-0.2, -0.15) is 0 Å². The van der Waals surface area contributed by atoms with Gasteiger partial charge in [0, 0.05) is 32.7 Å². The second kappa shape index (κ2) is 7.58. The SMILES string of the molecule is CN1CCOC(CNC(=O)N2CCOC(CC(=O)O)C2)C1. The Kier molecular flexibility index (Phi) is 5.77. The Morgan fingerprint density at radius 2 is 1.90 bits per heavy atom. The van der Waals surface area contributed by atoms with Crippen LogP contribution < -0.4 is 5.32 Å². The predicted octanol–water partition coefficient (Wildman–Crippen LogP) is -0.798. The van der Waals surface area contributed by atoms with Crippen molar-refractivity contribution in [3.8, 4) is 0 Å². The van der Waals surface area contributed by atoms with Gasteiger partial charge < -0.3 is 29.7 Å². The third kappa shape index (κ3) is 5.14. The van der Waals surface area contributed by atoms with Crippen LogP contribution in [0.25, 0.3) is 0 Å². The van der Waals surface area contributed by atoms with Gasteiger partial charge in [-0.05, 0) is 7.05 Å². The summed E-state index contributed by atoms with van der Waals surface area (Å²) in [6.45, 7) is 4.00. The normalized spacial score (nSPS) is 27.4. The number of morpholine rings is 2. The molecule has 8 nitrogen and oxygen atoms in total. The maximum absolute atomic E-state index is 12.1. The largest absolute Gasteiger partial charge is 0.481 e. The summed E-state index contributed by atoms with van der Waals surface area (Å²) in [6, 6.07) is -0.189. The molecule has 120 valence electrons. The fourth-order valence-corrected chi connectivity index (χ4v) is 2.53. The summed E-state index contributed by atoms with van der Waals surface area (Å²) in [6.07, 6.45) is -0.511. The predicted molar refractivity (Wildman–Crippen MR) is 74.2 cm³/mol. The Bertz CT molecular complexity index is 379. The minimum absolute atomic E-state index is 0.00329. The Labute approximate surface area is 124 Å². The molecule has 0 radical (unpaired) electrons. The number of likely N-dealkylation sites (N-methyl/N-ethyl adjacent to an activating group) is 1. The second-order valence-electron chi connectivity index (χ2n) is 5.48. The topological polar surface area (TPSA) is 91.3 Å². The molecule has 2 rings (SSSR count). The maximum Gasteiger partial charge on any atom is 0.317 e. The zero-order chi connectivity index (χ0) is 15.2. The van der Waals surface area contributed by atoms with Gasteiger partial charge in [-0.1, -0.05) is 0 Å². The van der Waals surface area contributed by atoms with Crippen LogP contribution in [0, 0.1) is 0 Å². The zero-order valence-electron chi connectivity index (χ0n) is 12.3. The fraction of sp³-hybridized carbons (Fsp3) is 0.846. The standard InChI is InChI=1S/C13H23N3O5/c1-15-2-4-21-11(8-15)7-14-13(19)16-3-5-20-10(9-16)6-12(17)18/h10-11H,2-9H2,1H3,(H,14,19)(H,17,18). The molecule has 0 saturated carbocycles. The molecule has 0 spiro atoms. The van der Waals surface area contributed by atoms with E-state index in [1.54, 1.807) is 4.90 Å². The maximum atomic E-state index is 12.1. The molecule has 2 aliphatic rings. The summed E-state index contributed by atoms with van der Waals surface area (Å²) in [4.78, 5) is 26.5. The van der Waals surface area contributed by atoms with E-state index in [4.69, 9.17) is 14.6 Å². The first-order valence-electron chi connectivity index (χ1n) is 7.21. The van der Waals surface area contributed by atoms with E-state index in [2.05, 4.69) is 10.2 Å². The molecule has 2 unspecified atom stereocenters. The number of hydrogen-bond donors (Lipinski definition) is 2. The van der Waals surface area contributed by atoms with Gasteiger partial charge in [0.05, 0.1) is 31.8 Å². The van der Waals surface area contributed by atoms with Crippen LogP contribution in [0.2, 0.25) is 0 Å². The summed E-state index contributed by atoms with van der Waals surface area (Å²) < 4.78 is 10.9. The van der Waals surface area contributed by atoms with Crippen molar-refractivity contribution in [3.63, 3.8) is 0 Å². The molecule has 0 aromatic carbocycles. The van der Waals surface area contributed by atoms with Crippen LogP contribution in [-0.2, 0) is 14.3 Å². The summed E-state index contributed by atoms with van der Waals surface area (Å²) in [5.74, 6) is -0.916. The average Bonchev–Trinajstić information content (AvgIpc) is 2.44. The summed E-state index contributed by atoms with van der Waals surface area (Å²) in [5, 5.41) is 11.6. The zero-order valence-corrected chi connectivity index (χ0v) is 12.3. The van der Waals surface area contributed by atoms with E-state index in [0.29, 0.717) is 32.8 Å². The van der Waals surface area contributed by atoms with Gasteiger partial charge in [0.1, 0.15) is 0 Å². The first-order valence-corrected chi connectivity index (χ1v) is 7.21. The van der Waals surface area contributed by atoms with E-state index in [1.807, 2.05) is 7.05 Å². The molecule has 0 aliphatic carbocycles. The van der Waals surface area contributed by atoms with Crippen LogP contribution >= 0.6 is 0 Å². The van der Waals surface area contributed by atoms with Crippen molar-refractivity contribution < 1.29 is 24.2 Å². The van der Waals surface area contributed by atoms with E-state index in [0.717, 1.165) is 13.1 Å². The Hall–Kier alpha value is -1.38. The molecule has 8 heteroatoms. The Morgan fingerprint density at radius 1 is 1.19 bits per heavy atom. The van der Waals surface area contributed by atoms with Gasteiger partial charge in [0.15, 0.2) is 0 Å². The first-order chi connectivity index (χ1) is 10.0. The van der Waals surface area contributed by atoms with Crippen molar-refractivity contribution in [2.45, 2.75) is 18.6 Å². The highest BCUT2D eigenvalue weighted by Gasteiger charge is 2.26. The Balaban J connectivity index is 1.73. The average molecular weight is 301 g/mol. The first kappa shape index (κ1) is 16.0. The van der Waals surface area contributed by atoms with Gasteiger partial charge in [-0.3, -0.25) is 4.79 Å². The van der Waals surface area contributed by atoms with Gasteiger partial charge in [-0.25, -0.2) is 4.79 Å². The molecule has 2 saturated heterocycles. The number of urea groups is 1. The molecule has 0 aromatic rings. The number of hydrogen-bond acceptors (Lipinski definition) is 5. The molecular formula is C13H23N3O5. The molecule has 0 bridgehead atoms. The van der Waals surface area contributed by atoms with Crippen LogP contribution in [0.5, 0.6) is 0 Å². The number of nitrogens with zero attached hydrogens (tertiary/aromatic N) is 2. The lowest BCUT2D eigenvalue weighted by Crippen LogP contribution is -2.52. The molecule has 21 heavy (non-hydrogen) atoms. The van der Waals surface area contributed by atoms with Crippen molar-refractivity contribution >= 4 is 12.0 Å². The van der Waals surface area contributed by atoms with Gasteiger partial charge in [-0.15, -0.1) is 0 Å². The number of amides is 2.